The summed E-state index contributed by atoms with van der Waals surface area (Å²) in [4.78, 5) is 0. The van der Waals surface area contributed by atoms with Gasteiger partial charge >= 0.3 is 15.5 Å². The van der Waals surface area contributed by atoms with E-state index in [1.165, 1.54) is 14.1 Å². The molecule has 0 aliphatic carbocycles. The average molecular weight is 345 g/mol. The van der Waals surface area contributed by atoms with Gasteiger partial charge in [-0.25, -0.2) is 8.61 Å². The highest BCUT2D eigenvalue weighted by Crippen LogP contribution is 2.28. The summed E-state index contributed by atoms with van der Waals surface area (Å²) in [6.45, 7) is 0. The minimum Gasteiger partial charge on any atom is -0.453 e. The van der Waals surface area contributed by atoms with Gasteiger partial charge in [-0.15, -0.1) is 3.77 Å². The van der Waals surface area contributed by atoms with Crippen LogP contribution in [-0.2, 0) is 31.3 Å². The number of rotatable bonds is 5. The van der Waals surface area contributed by atoms with Gasteiger partial charge < -0.3 is 4.13 Å². The molecule has 0 fully saturated rings. The fourth-order valence-electron chi connectivity index (χ4n) is 0.467. The third-order valence-electron chi connectivity index (χ3n) is 1.44. The molecule has 0 amide bonds. The van der Waals surface area contributed by atoms with Crippen molar-refractivity contribution in [1.29, 1.82) is 0 Å². The van der Waals surface area contributed by atoms with E-state index >= 15 is 0 Å². The number of hydrogen-bond donors (Lipinski definition) is 0. The predicted octanol–water partition coefficient (Wildman–Crippen LogP) is 0.210. The maximum Gasteiger partial charge on any atom is 0.519 e. The molecule has 14 heteroatoms. The van der Waals surface area contributed by atoms with Crippen LogP contribution in [0.5, 0.6) is 0 Å². The van der Waals surface area contributed by atoms with Crippen molar-refractivity contribution >= 4 is 31.3 Å². The van der Waals surface area contributed by atoms with Crippen LogP contribution in [0.25, 0.3) is 4.13 Å². The van der Waals surface area contributed by atoms with Gasteiger partial charge in [0, 0.05) is 11.2 Å². The second-order valence-corrected chi connectivity index (χ2v) is 8.86. The van der Waals surface area contributed by atoms with E-state index in [2.05, 4.69) is 7.90 Å². The largest absolute Gasteiger partial charge is 0.519 e. The molecule has 0 aromatic carbocycles. The van der Waals surface area contributed by atoms with E-state index < -0.39 is 36.8 Å². The summed E-state index contributed by atoms with van der Waals surface area (Å²) in [5.41, 5.74) is -5.71. The molecule has 0 radical (unpaired) electrons. The lowest BCUT2D eigenvalue weighted by molar-refractivity contribution is -0.0434. The molecule has 0 aliphatic heterocycles. The Bertz CT molecular complexity index is 561. The molecule has 0 aromatic heterocycles. The lowest BCUT2D eigenvalue weighted by Gasteiger charge is -2.31. The Kier molecular flexibility index (Phi) is 5.92. The first-order valence-electron chi connectivity index (χ1n) is 4.32. The molecule has 0 bridgehead atoms. The lowest BCUT2D eigenvalue weighted by Crippen LogP contribution is -2.29. The molecular weight excluding hydrogens is 333 g/mol. The van der Waals surface area contributed by atoms with Gasteiger partial charge in [-0.05, 0) is 28.2 Å². The zero-order valence-electron chi connectivity index (χ0n) is 10.3. The van der Waals surface area contributed by atoms with Crippen molar-refractivity contribution in [2.75, 3.05) is 28.2 Å². The van der Waals surface area contributed by atoms with Crippen LogP contribution in [0, 0.1) is 0 Å². The second-order valence-electron chi connectivity index (χ2n) is 3.39. The molecule has 8 nitrogen and oxygen atoms in total. The summed E-state index contributed by atoms with van der Waals surface area (Å²) in [5.74, 6) is 0. The first-order chi connectivity index (χ1) is 8.23. The summed E-state index contributed by atoms with van der Waals surface area (Å²) in [6, 6.07) is 0. The number of hydrogen-bond acceptors (Lipinski definition) is 4. The SMILES string of the molecule is CN(C)S(=O)[N-]S(=O)(=NS(=O)(=O)C(F)(F)F)N(C)C. The van der Waals surface area contributed by atoms with Crippen molar-refractivity contribution < 1.29 is 30.0 Å². The van der Waals surface area contributed by atoms with Crippen LogP contribution in [0.15, 0.2) is 3.77 Å². The van der Waals surface area contributed by atoms with Gasteiger partial charge in [0.05, 0.1) is 10.1 Å². The molecule has 0 rings (SSSR count). The Morgan fingerprint density at radius 3 is 1.79 bits per heavy atom. The van der Waals surface area contributed by atoms with E-state index in [1.54, 1.807) is 0 Å². The van der Waals surface area contributed by atoms with Crippen molar-refractivity contribution in [3.63, 3.8) is 0 Å². The molecule has 2 atom stereocenters. The third-order valence-corrected chi connectivity index (χ3v) is 6.45. The summed E-state index contributed by atoms with van der Waals surface area (Å²) in [7, 11) is -5.89. The van der Waals surface area contributed by atoms with Crippen molar-refractivity contribution in [3.05, 3.63) is 4.13 Å². The van der Waals surface area contributed by atoms with E-state index in [0.29, 0.717) is 4.31 Å². The molecule has 0 saturated heterocycles. The summed E-state index contributed by atoms with van der Waals surface area (Å²) < 4.78 is 88.2. The number of alkyl halides is 3. The van der Waals surface area contributed by atoms with Crippen molar-refractivity contribution in [1.82, 2.24) is 8.61 Å². The van der Waals surface area contributed by atoms with Gasteiger partial charge in [-0.2, -0.15) is 21.6 Å². The van der Waals surface area contributed by atoms with E-state index in [4.69, 9.17) is 0 Å². The van der Waals surface area contributed by atoms with Gasteiger partial charge in [0.1, 0.15) is 0 Å². The fourth-order valence-corrected chi connectivity index (χ4v) is 4.45. The summed E-state index contributed by atoms with van der Waals surface area (Å²) in [5, 5.41) is 0. The van der Waals surface area contributed by atoms with Crippen LogP contribution in [0.1, 0.15) is 0 Å². The first-order valence-corrected chi connectivity index (χ1v) is 8.25. The van der Waals surface area contributed by atoms with Crippen molar-refractivity contribution in [2.24, 2.45) is 3.77 Å². The zero-order valence-corrected chi connectivity index (χ0v) is 12.7. The molecule has 0 spiro atoms. The highest BCUT2D eigenvalue weighted by Gasteiger charge is 2.46. The van der Waals surface area contributed by atoms with Crippen LogP contribution >= 0.6 is 0 Å². The van der Waals surface area contributed by atoms with Crippen LogP contribution in [0.4, 0.5) is 13.2 Å². The average Bonchev–Trinajstić information content (AvgIpc) is 2.13. The summed E-state index contributed by atoms with van der Waals surface area (Å²) in [6.07, 6.45) is 0. The topological polar surface area (TPSA) is 101 Å². The molecule has 116 valence electrons. The Morgan fingerprint density at radius 2 is 1.53 bits per heavy atom. The van der Waals surface area contributed by atoms with Crippen LogP contribution in [-0.4, -0.2) is 59.1 Å². The zero-order chi connectivity index (χ0) is 15.6. The first kappa shape index (κ1) is 18.7. The lowest BCUT2D eigenvalue weighted by atomic mass is 11.3. The Balaban J connectivity index is 5.84. The van der Waals surface area contributed by atoms with Crippen LogP contribution in [0.3, 0.4) is 0 Å². The van der Waals surface area contributed by atoms with Gasteiger partial charge in [0.2, 0.25) is 0 Å². The van der Waals surface area contributed by atoms with Crippen molar-refractivity contribution in [3.8, 4) is 0 Å². The Hall–Kier alpha value is -0.280. The molecule has 0 N–H and O–H groups in total. The van der Waals surface area contributed by atoms with E-state index in [-0.39, 0.29) is 0 Å². The van der Waals surface area contributed by atoms with Gasteiger partial charge in [0.15, 0.2) is 0 Å². The van der Waals surface area contributed by atoms with Gasteiger partial charge in [-0.1, -0.05) is 0 Å². The van der Waals surface area contributed by atoms with E-state index in [0.717, 1.165) is 18.4 Å². The maximum absolute atomic E-state index is 12.2. The fraction of sp³-hybridized carbons (Fsp3) is 1.00. The third kappa shape index (κ3) is 4.96. The van der Waals surface area contributed by atoms with Gasteiger partial charge in [-0.3, -0.25) is 8.42 Å². The van der Waals surface area contributed by atoms with Crippen LogP contribution < -0.4 is 0 Å². The number of halogens is 3. The summed E-state index contributed by atoms with van der Waals surface area (Å²) >= 11 is -2.31. The highest BCUT2D eigenvalue weighted by atomic mass is 32.3. The molecular formula is C5H12F3N4O4S3-. The minimum atomic E-state index is -6.01. The van der Waals surface area contributed by atoms with E-state index in [1.807, 2.05) is 0 Å². The molecule has 0 aromatic rings. The quantitative estimate of drug-likeness (QED) is 0.711. The predicted molar refractivity (Wildman–Crippen MR) is 64.4 cm³/mol. The molecule has 19 heavy (non-hydrogen) atoms. The van der Waals surface area contributed by atoms with Gasteiger partial charge in [0.25, 0.3) is 0 Å². The Morgan fingerprint density at radius 1 is 1.11 bits per heavy atom. The van der Waals surface area contributed by atoms with E-state index in [9.17, 15) is 30.0 Å². The molecule has 0 aliphatic rings. The maximum atomic E-state index is 12.2. The Labute approximate surface area is 112 Å². The smallest absolute Gasteiger partial charge is 0.453 e. The minimum absolute atomic E-state index is 0.539. The van der Waals surface area contributed by atoms with Crippen molar-refractivity contribution in [2.45, 2.75) is 5.51 Å². The standard InChI is InChI=1S/C5H12F3N4O4S3/c1-11(2)17(13)9-19(16,12(3)4)10-18(14,15)5(6,7)8/h1-4H3/q-1. The molecule has 2 unspecified atom stereocenters. The number of nitrogens with zero attached hydrogens (tertiary/aromatic N) is 4. The highest BCUT2D eigenvalue weighted by molar-refractivity contribution is 8.12. The molecule has 0 saturated carbocycles. The normalized spacial score (nSPS) is 18.4. The second kappa shape index (κ2) is 6.01. The molecule has 0 heterocycles. The number of sulfonamides is 1. The van der Waals surface area contributed by atoms with Crippen LogP contribution in [0.2, 0.25) is 0 Å². The monoisotopic (exact) mass is 345 g/mol.